The molecule has 0 bridgehead atoms. The van der Waals surface area contributed by atoms with Crippen molar-refractivity contribution in [1.29, 1.82) is 0 Å². The molecule has 0 aromatic carbocycles. The van der Waals surface area contributed by atoms with Gasteiger partial charge in [-0.2, -0.15) is 0 Å². The van der Waals surface area contributed by atoms with Gasteiger partial charge in [0.1, 0.15) is 0 Å². The summed E-state index contributed by atoms with van der Waals surface area (Å²) in [4.78, 5) is 12.8. The van der Waals surface area contributed by atoms with Crippen LogP contribution in [0.15, 0.2) is 12.1 Å². The first kappa shape index (κ1) is 12.2. The predicted molar refractivity (Wildman–Crippen MR) is 71.8 cm³/mol. The van der Waals surface area contributed by atoms with E-state index in [0.29, 0.717) is 5.41 Å². The van der Waals surface area contributed by atoms with Crippen LogP contribution in [0.3, 0.4) is 0 Å². The number of thiophene rings is 1. The molecule has 1 aromatic rings. The molecule has 2 N–H and O–H groups in total. The molecule has 2 aliphatic rings. The molecule has 2 saturated carbocycles. The Morgan fingerprint density at radius 2 is 2.11 bits per heavy atom. The molecule has 2 fully saturated rings. The SMILES string of the molecule is O=C(O)Cc1ccc(CNCC2(C3CC3)CC2)s1. The maximum absolute atomic E-state index is 10.6. The van der Waals surface area contributed by atoms with Crippen molar-refractivity contribution >= 4 is 17.3 Å². The van der Waals surface area contributed by atoms with Gasteiger partial charge in [-0.15, -0.1) is 11.3 Å². The minimum atomic E-state index is -0.748. The fraction of sp³-hybridized carbons (Fsp3) is 0.643. The van der Waals surface area contributed by atoms with Crippen LogP contribution in [-0.4, -0.2) is 17.6 Å². The van der Waals surface area contributed by atoms with Gasteiger partial charge in [-0.3, -0.25) is 4.79 Å². The summed E-state index contributed by atoms with van der Waals surface area (Å²) in [5, 5.41) is 12.3. The Bertz CT molecular complexity index is 446. The fourth-order valence-electron chi connectivity index (χ4n) is 2.78. The molecule has 1 aromatic heterocycles. The standard InChI is InChI=1S/C14H19NO2S/c16-13(17)7-11-3-4-12(18-11)8-15-9-14(5-6-14)10-1-2-10/h3-4,10,15H,1-2,5-9H2,(H,16,17). The van der Waals surface area contributed by atoms with Crippen LogP contribution in [0.1, 0.15) is 35.4 Å². The lowest BCUT2D eigenvalue weighted by Gasteiger charge is -2.14. The van der Waals surface area contributed by atoms with Crippen molar-refractivity contribution in [2.45, 2.75) is 38.6 Å². The second kappa shape index (κ2) is 4.67. The topological polar surface area (TPSA) is 49.3 Å². The van der Waals surface area contributed by atoms with Gasteiger partial charge in [0.2, 0.25) is 0 Å². The number of carboxylic acids is 1. The molecule has 1 heterocycles. The number of nitrogens with one attached hydrogen (secondary N) is 1. The summed E-state index contributed by atoms with van der Waals surface area (Å²) in [5.74, 6) is 0.248. The zero-order valence-electron chi connectivity index (χ0n) is 10.4. The van der Waals surface area contributed by atoms with E-state index in [0.717, 1.165) is 23.9 Å². The number of hydrogen-bond acceptors (Lipinski definition) is 3. The van der Waals surface area contributed by atoms with E-state index in [1.165, 1.54) is 30.6 Å². The largest absolute Gasteiger partial charge is 0.481 e. The number of aliphatic carboxylic acids is 1. The molecule has 0 spiro atoms. The molecule has 3 nitrogen and oxygen atoms in total. The third kappa shape index (κ3) is 2.75. The van der Waals surface area contributed by atoms with Crippen LogP contribution in [0, 0.1) is 11.3 Å². The van der Waals surface area contributed by atoms with Crippen LogP contribution in [0.4, 0.5) is 0 Å². The monoisotopic (exact) mass is 265 g/mol. The van der Waals surface area contributed by atoms with E-state index in [9.17, 15) is 4.79 Å². The Labute approximate surface area is 111 Å². The van der Waals surface area contributed by atoms with E-state index in [-0.39, 0.29) is 6.42 Å². The van der Waals surface area contributed by atoms with Crippen molar-refractivity contribution in [3.63, 3.8) is 0 Å². The first-order valence-corrected chi connectivity index (χ1v) is 7.50. The highest BCUT2D eigenvalue weighted by Gasteiger charge is 2.53. The van der Waals surface area contributed by atoms with Crippen LogP contribution in [0.25, 0.3) is 0 Å². The van der Waals surface area contributed by atoms with Crippen molar-refractivity contribution in [2.24, 2.45) is 11.3 Å². The third-order valence-corrected chi connectivity index (χ3v) is 5.24. The van der Waals surface area contributed by atoms with Crippen molar-refractivity contribution < 1.29 is 9.90 Å². The van der Waals surface area contributed by atoms with Crippen molar-refractivity contribution in [3.8, 4) is 0 Å². The van der Waals surface area contributed by atoms with Crippen LogP contribution in [-0.2, 0) is 17.8 Å². The number of carbonyl (C=O) groups is 1. The van der Waals surface area contributed by atoms with Crippen molar-refractivity contribution in [2.75, 3.05) is 6.54 Å². The van der Waals surface area contributed by atoms with Crippen LogP contribution < -0.4 is 5.32 Å². The van der Waals surface area contributed by atoms with E-state index < -0.39 is 5.97 Å². The van der Waals surface area contributed by atoms with Crippen molar-refractivity contribution in [3.05, 3.63) is 21.9 Å². The highest BCUT2D eigenvalue weighted by Crippen LogP contribution is 2.60. The second-order valence-corrected chi connectivity index (χ2v) is 6.93. The molecule has 0 amide bonds. The molecule has 0 unspecified atom stereocenters. The maximum Gasteiger partial charge on any atom is 0.308 e. The van der Waals surface area contributed by atoms with Gasteiger partial charge in [0.25, 0.3) is 0 Å². The molecular formula is C14H19NO2S. The summed E-state index contributed by atoms with van der Waals surface area (Å²) in [6.45, 7) is 2.03. The lowest BCUT2D eigenvalue weighted by molar-refractivity contribution is -0.136. The smallest absolute Gasteiger partial charge is 0.308 e. The summed E-state index contributed by atoms with van der Waals surface area (Å²) in [6, 6.07) is 3.98. The summed E-state index contributed by atoms with van der Waals surface area (Å²) >= 11 is 1.61. The van der Waals surface area contributed by atoms with Gasteiger partial charge in [0.15, 0.2) is 0 Å². The number of rotatable bonds is 7. The zero-order chi connectivity index (χ0) is 12.6. The average Bonchev–Trinajstić information content (AvgIpc) is 3.19. The summed E-state index contributed by atoms with van der Waals surface area (Å²) in [5.41, 5.74) is 0.640. The van der Waals surface area contributed by atoms with Crippen LogP contribution >= 0.6 is 11.3 Å². The molecule has 0 atom stereocenters. The molecule has 0 radical (unpaired) electrons. The molecule has 0 aliphatic heterocycles. The molecule has 0 saturated heterocycles. The van der Waals surface area contributed by atoms with Crippen LogP contribution in [0.5, 0.6) is 0 Å². The Morgan fingerprint density at radius 3 is 2.72 bits per heavy atom. The summed E-state index contributed by atoms with van der Waals surface area (Å²) < 4.78 is 0. The van der Waals surface area contributed by atoms with E-state index in [4.69, 9.17) is 5.11 Å². The minimum Gasteiger partial charge on any atom is -0.481 e. The molecular weight excluding hydrogens is 246 g/mol. The highest BCUT2D eigenvalue weighted by molar-refractivity contribution is 7.12. The zero-order valence-corrected chi connectivity index (χ0v) is 11.3. The van der Waals surface area contributed by atoms with E-state index in [2.05, 4.69) is 5.32 Å². The quantitative estimate of drug-likeness (QED) is 0.797. The average molecular weight is 265 g/mol. The maximum atomic E-state index is 10.6. The third-order valence-electron chi connectivity index (χ3n) is 4.15. The van der Waals surface area contributed by atoms with Crippen molar-refractivity contribution in [1.82, 2.24) is 5.32 Å². The first-order chi connectivity index (χ1) is 8.68. The van der Waals surface area contributed by atoms with Gasteiger partial charge < -0.3 is 10.4 Å². The van der Waals surface area contributed by atoms with Gasteiger partial charge in [-0.25, -0.2) is 0 Å². The molecule has 2 aliphatic carbocycles. The van der Waals surface area contributed by atoms with Crippen LogP contribution in [0.2, 0.25) is 0 Å². The molecule has 4 heteroatoms. The number of hydrogen-bond donors (Lipinski definition) is 2. The Morgan fingerprint density at radius 1 is 1.39 bits per heavy atom. The van der Waals surface area contributed by atoms with Gasteiger partial charge >= 0.3 is 5.97 Å². The number of carboxylic acid groups (broad SMARTS) is 1. The highest BCUT2D eigenvalue weighted by atomic mass is 32.1. The summed E-state index contributed by atoms with van der Waals surface area (Å²) in [7, 11) is 0. The molecule has 18 heavy (non-hydrogen) atoms. The van der Waals surface area contributed by atoms with E-state index in [1.54, 1.807) is 11.3 Å². The van der Waals surface area contributed by atoms with E-state index in [1.807, 2.05) is 12.1 Å². The van der Waals surface area contributed by atoms with Gasteiger partial charge in [0.05, 0.1) is 6.42 Å². The fourth-order valence-corrected chi connectivity index (χ4v) is 3.76. The molecule has 3 rings (SSSR count). The lowest BCUT2D eigenvalue weighted by Crippen LogP contribution is -2.24. The lowest BCUT2D eigenvalue weighted by atomic mass is 10.0. The van der Waals surface area contributed by atoms with Gasteiger partial charge in [-0.05, 0) is 49.1 Å². The second-order valence-electron chi connectivity index (χ2n) is 5.68. The Kier molecular flexibility index (Phi) is 3.16. The minimum absolute atomic E-state index is 0.149. The summed E-state index contributed by atoms with van der Waals surface area (Å²) in [6.07, 6.45) is 5.82. The first-order valence-electron chi connectivity index (χ1n) is 6.68. The Hall–Kier alpha value is -0.870. The normalized spacial score (nSPS) is 20.9. The van der Waals surface area contributed by atoms with Gasteiger partial charge in [0, 0.05) is 22.8 Å². The molecule has 98 valence electrons. The Balaban J connectivity index is 1.45. The predicted octanol–water partition coefficient (Wildman–Crippen LogP) is 2.66. The van der Waals surface area contributed by atoms with E-state index >= 15 is 0 Å². The van der Waals surface area contributed by atoms with Gasteiger partial charge in [-0.1, -0.05) is 0 Å².